The van der Waals surface area contributed by atoms with E-state index in [-0.39, 0.29) is 0 Å². The van der Waals surface area contributed by atoms with Crippen molar-refractivity contribution in [1.29, 1.82) is 0 Å². The summed E-state index contributed by atoms with van der Waals surface area (Å²) < 4.78 is 1.78. The Kier molecular flexibility index (Phi) is 1.52. The number of nitrogens with one attached hydrogen (secondary N) is 1. The lowest BCUT2D eigenvalue weighted by atomic mass is 9.84. The fourth-order valence-corrected chi connectivity index (χ4v) is 3.19. The van der Waals surface area contributed by atoms with Crippen LogP contribution in [0.4, 0.5) is 0 Å². The Morgan fingerprint density at radius 2 is 1.92 bits per heavy atom. The van der Waals surface area contributed by atoms with Crippen LogP contribution in [0.1, 0.15) is 44.9 Å². The van der Waals surface area contributed by atoms with Gasteiger partial charge in [0.2, 0.25) is 0 Å². The second-order valence-corrected chi connectivity index (χ2v) is 4.45. The van der Waals surface area contributed by atoms with Crippen LogP contribution in [-0.4, -0.2) is 10.4 Å². The summed E-state index contributed by atoms with van der Waals surface area (Å²) in [7, 11) is 0. The maximum Gasteiger partial charge on any atom is 0.176 e. The van der Waals surface area contributed by atoms with E-state index < -0.39 is 0 Å². The molecule has 13 heavy (non-hydrogen) atoms. The normalized spacial score (nSPS) is 32.5. The van der Waals surface area contributed by atoms with E-state index in [4.69, 9.17) is 5.84 Å². The number of allylic oxidation sites excluding steroid dienone is 2. The topological polar surface area (TPSA) is 26.8 Å². The van der Waals surface area contributed by atoms with Crippen LogP contribution in [-0.2, 0) is 0 Å². The van der Waals surface area contributed by atoms with Crippen LogP contribution >= 0.6 is 0 Å². The summed E-state index contributed by atoms with van der Waals surface area (Å²) in [6, 6.07) is 0. The molecular formula is C11H16N2. The number of nitrogens with zero attached hydrogens (tertiary/aromatic N) is 1. The van der Waals surface area contributed by atoms with Gasteiger partial charge in [0.1, 0.15) is 0 Å². The molecule has 0 aromatic carbocycles. The fourth-order valence-electron chi connectivity index (χ4n) is 3.19. The summed E-state index contributed by atoms with van der Waals surface area (Å²) in [6.07, 6.45) is 8.91. The molecule has 1 fully saturated rings. The van der Waals surface area contributed by atoms with Gasteiger partial charge in [0.05, 0.1) is 5.92 Å². The molecule has 0 aromatic rings. The summed E-state index contributed by atoms with van der Waals surface area (Å²) in [5, 5.41) is 0. The molecule has 1 heterocycles. The predicted molar refractivity (Wildman–Crippen MR) is 52.4 cm³/mol. The first-order valence-corrected chi connectivity index (χ1v) is 5.47. The fraction of sp³-hybridized carbons (Fsp3) is 0.727. The highest BCUT2D eigenvalue weighted by atomic mass is 15.3. The highest BCUT2D eigenvalue weighted by Crippen LogP contribution is 2.42. The van der Waals surface area contributed by atoms with E-state index in [2.05, 4.69) is 0 Å². The maximum absolute atomic E-state index is 8.02. The summed E-state index contributed by atoms with van der Waals surface area (Å²) in [5.74, 6) is 8.72. The Morgan fingerprint density at radius 3 is 2.85 bits per heavy atom. The Morgan fingerprint density at radius 1 is 1.08 bits per heavy atom. The van der Waals surface area contributed by atoms with Gasteiger partial charge in [-0.05, 0) is 32.1 Å². The zero-order chi connectivity index (χ0) is 8.84. The van der Waals surface area contributed by atoms with Crippen LogP contribution in [0.5, 0.6) is 0 Å². The van der Waals surface area contributed by atoms with E-state index in [9.17, 15) is 0 Å². The highest BCUT2D eigenvalue weighted by Gasteiger charge is 2.41. The van der Waals surface area contributed by atoms with Crippen molar-refractivity contribution in [2.45, 2.75) is 44.9 Å². The second-order valence-electron chi connectivity index (χ2n) is 4.45. The van der Waals surface area contributed by atoms with Crippen molar-refractivity contribution < 1.29 is 4.68 Å². The largest absolute Gasteiger partial charge is 0.449 e. The van der Waals surface area contributed by atoms with Gasteiger partial charge in [-0.15, -0.1) is 0 Å². The van der Waals surface area contributed by atoms with Crippen molar-refractivity contribution in [3.05, 3.63) is 17.1 Å². The maximum atomic E-state index is 8.02. The molecule has 1 aliphatic heterocycles. The zero-order valence-electron chi connectivity index (χ0n) is 7.97. The van der Waals surface area contributed by atoms with Crippen molar-refractivity contribution in [1.82, 2.24) is 0 Å². The molecule has 1 saturated carbocycles. The summed E-state index contributed by atoms with van der Waals surface area (Å²) in [6.45, 7) is 0. The first-order chi connectivity index (χ1) is 6.38. The lowest BCUT2D eigenvalue weighted by Crippen LogP contribution is -2.14. The van der Waals surface area contributed by atoms with Crippen LogP contribution in [0.25, 0.3) is 5.84 Å². The van der Waals surface area contributed by atoms with Crippen LogP contribution in [0.3, 0.4) is 0 Å². The molecule has 2 heteroatoms. The molecule has 4 bridgehead atoms. The molecule has 3 rings (SSSR count). The monoisotopic (exact) mass is 176 g/mol. The van der Waals surface area contributed by atoms with E-state index in [0.717, 1.165) is 0 Å². The standard InChI is InChI=1S/C11H16N2/c12-13-10-6-2-1-4-8-9(10)5-3-7-11(8)13/h9,12H,1-7H2. The van der Waals surface area contributed by atoms with E-state index >= 15 is 0 Å². The van der Waals surface area contributed by atoms with E-state index in [1.165, 1.54) is 56.4 Å². The molecule has 0 radical (unpaired) electrons. The minimum absolute atomic E-state index is 0.698. The van der Waals surface area contributed by atoms with Crippen LogP contribution in [0.2, 0.25) is 0 Å². The predicted octanol–water partition coefficient (Wildman–Crippen LogP) is 3.05. The average molecular weight is 176 g/mol. The van der Waals surface area contributed by atoms with Gasteiger partial charge in [-0.1, -0.05) is 0 Å². The van der Waals surface area contributed by atoms with E-state index in [0.29, 0.717) is 5.92 Å². The van der Waals surface area contributed by atoms with E-state index in [1.807, 2.05) is 0 Å². The second kappa shape index (κ2) is 2.60. The molecule has 1 N–H and O–H groups in total. The third-order valence-corrected chi connectivity index (χ3v) is 3.79. The molecule has 3 aliphatic rings. The van der Waals surface area contributed by atoms with Crippen molar-refractivity contribution in [2.75, 3.05) is 0 Å². The average Bonchev–Trinajstić information content (AvgIpc) is 2.37. The summed E-state index contributed by atoms with van der Waals surface area (Å²) >= 11 is 0. The molecular weight excluding hydrogens is 160 g/mol. The summed E-state index contributed by atoms with van der Waals surface area (Å²) in [4.78, 5) is 0. The van der Waals surface area contributed by atoms with Crippen molar-refractivity contribution in [2.24, 2.45) is 5.92 Å². The molecule has 1 unspecified atom stereocenters. The molecule has 0 amide bonds. The van der Waals surface area contributed by atoms with E-state index in [1.54, 1.807) is 10.3 Å². The number of hydrogen-bond acceptors (Lipinski definition) is 0. The Bertz CT molecular complexity index is 312. The Labute approximate surface area is 79.1 Å². The Hall–Kier alpha value is -0.790. The minimum Gasteiger partial charge on any atom is -0.449 e. The lowest BCUT2D eigenvalue weighted by molar-refractivity contribution is -0.403. The zero-order valence-corrected chi connectivity index (χ0v) is 7.97. The van der Waals surface area contributed by atoms with Crippen LogP contribution < -0.4 is 0 Å². The Balaban J connectivity index is 2.12. The number of hydrogen-bond donors (Lipinski definition) is 0. The third-order valence-electron chi connectivity index (χ3n) is 3.79. The van der Waals surface area contributed by atoms with Gasteiger partial charge in [-0.2, -0.15) is 0 Å². The van der Waals surface area contributed by atoms with Gasteiger partial charge in [0.15, 0.2) is 11.4 Å². The lowest BCUT2D eigenvalue weighted by Gasteiger charge is -2.14. The van der Waals surface area contributed by atoms with Gasteiger partial charge in [-0.25, -0.2) is 4.68 Å². The third kappa shape index (κ3) is 0.917. The summed E-state index contributed by atoms with van der Waals surface area (Å²) in [5.41, 5.74) is 4.42. The molecule has 2 aliphatic carbocycles. The molecule has 1 atom stereocenters. The van der Waals surface area contributed by atoms with Gasteiger partial charge in [0, 0.05) is 18.4 Å². The quantitative estimate of drug-likeness (QED) is 0.507. The van der Waals surface area contributed by atoms with Gasteiger partial charge in [0.25, 0.3) is 0 Å². The van der Waals surface area contributed by atoms with Gasteiger partial charge in [-0.3, -0.25) is 0 Å². The van der Waals surface area contributed by atoms with Crippen molar-refractivity contribution in [3.63, 3.8) is 0 Å². The van der Waals surface area contributed by atoms with Gasteiger partial charge >= 0.3 is 0 Å². The minimum atomic E-state index is 0.698. The number of rotatable bonds is 0. The highest BCUT2D eigenvalue weighted by molar-refractivity contribution is 5.87. The van der Waals surface area contributed by atoms with Crippen LogP contribution in [0.15, 0.2) is 11.3 Å². The molecule has 2 nitrogen and oxygen atoms in total. The molecule has 0 aromatic heterocycles. The molecule has 70 valence electrons. The van der Waals surface area contributed by atoms with Crippen LogP contribution in [0, 0.1) is 5.92 Å². The molecule has 0 spiro atoms. The molecule has 0 saturated heterocycles. The first kappa shape index (κ1) is 7.60. The van der Waals surface area contributed by atoms with Crippen molar-refractivity contribution >= 4 is 5.71 Å². The van der Waals surface area contributed by atoms with Crippen molar-refractivity contribution in [3.8, 4) is 0 Å². The first-order valence-electron chi connectivity index (χ1n) is 5.47. The van der Waals surface area contributed by atoms with Gasteiger partial charge < -0.3 is 5.84 Å². The SMILES string of the molecule is [NH-][N+]1=C2CCCCC3=C1CCCC32. The smallest absolute Gasteiger partial charge is 0.176 e.